The molecule has 1 aromatic carbocycles. The highest BCUT2D eigenvalue weighted by Crippen LogP contribution is 2.32. The van der Waals surface area contributed by atoms with E-state index in [0.717, 1.165) is 12.2 Å². The highest BCUT2D eigenvalue weighted by atomic mass is 16.7. The average molecular weight is 355 g/mol. The van der Waals surface area contributed by atoms with Crippen molar-refractivity contribution >= 4 is 24.0 Å². The average Bonchev–Trinajstić information content (AvgIpc) is 3.16. The fraction of sp³-hybridized carbons (Fsp3) is 0.294. The van der Waals surface area contributed by atoms with Crippen molar-refractivity contribution in [2.75, 3.05) is 43.2 Å². The molecule has 0 spiro atoms. The van der Waals surface area contributed by atoms with E-state index in [1.165, 1.54) is 0 Å². The molecule has 2 aromatic rings. The molecule has 2 amide bonds. The molecule has 1 aromatic heterocycles. The lowest BCUT2D eigenvalue weighted by Crippen LogP contribution is -2.46. The third kappa shape index (κ3) is 3.23. The van der Waals surface area contributed by atoms with Crippen LogP contribution in [0.1, 0.15) is 10.4 Å². The Hall–Kier alpha value is -3.36. The highest BCUT2D eigenvalue weighted by Gasteiger charge is 2.18. The molecule has 0 unspecified atom stereocenters. The maximum Gasteiger partial charge on any atom is 0.257 e. The standard InChI is InChI=1S/C17H17N5O4/c23-10-21-5-7-22(8-6-21)16-4-3-15(19-20-16)18-17(24)12-1-2-13-14(9-12)26-11-25-13/h1-4,9-10H,5-8,11H2,(H,18,19,24). The summed E-state index contributed by atoms with van der Waals surface area (Å²) in [6.07, 6.45) is 0.859. The first-order valence-electron chi connectivity index (χ1n) is 8.22. The summed E-state index contributed by atoms with van der Waals surface area (Å²) in [5.74, 6) is 1.96. The zero-order chi connectivity index (χ0) is 17.9. The fourth-order valence-electron chi connectivity index (χ4n) is 2.84. The van der Waals surface area contributed by atoms with Gasteiger partial charge in [-0.15, -0.1) is 10.2 Å². The predicted octanol–water partition coefficient (Wildman–Crippen LogP) is 0.736. The van der Waals surface area contributed by atoms with Crippen LogP contribution >= 0.6 is 0 Å². The van der Waals surface area contributed by atoms with E-state index in [4.69, 9.17) is 9.47 Å². The van der Waals surface area contributed by atoms with Crippen molar-refractivity contribution in [3.05, 3.63) is 35.9 Å². The first-order chi connectivity index (χ1) is 12.7. The smallest absolute Gasteiger partial charge is 0.257 e. The number of carbonyl (C=O) groups is 2. The van der Waals surface area contributed by atoms with Gasteiger partial charge in [-0.05, 0) is 30.3 Å². The Kier molecular flexibility index (Phi) is 4.26. The van der Waals surface area contributed by atoms with E-state index in [1.54, 1.807) is 35.2 Å². The Labute approximate surface area is 149 Å². The van der Waals surface area contributed by atoms with Crippen molar-refractivity contribution in [2.24, 2.45) is 0 Å². The third-order valence-electron chi connectivity index (χ3n) is 4.31. The van der Waals surface area contributed by atoms with Crippen molar-refractivity contribution in [3.8, 4) is 11.5 Å². The van der Waals surface area contributed by atoms with E-state index >= 15 is 0 Å². The van der Waals surface area contributed by atoms with Gasteiger partial charge in [0, 0.05) is 31.7 Å². The molecule has 2 aliphatic heterocycles. The van der Waals surface area contributed by atoms with Crippen LogP contribution < -0.4 is 19.7 Å². The normalized spacial score (nSPS) is 15.7. The monoisotopic (exact) mass is 355 g/mol. The van der Waals surface area contributed by atoms with Crippen LogP contribution in [-0.4, -0.2) is 60.4 Å². The molecule has 1 fully saturated rings. The number of carbonyl (C=O) groups excluding carboxylic acids is 2. The largest absolute Gasteiger partial charge is 0.454 e. The molecule has 0 saturated carbocycles. The van der Waals surface area contributed by atoms with Crippen molar-refractivity contribution in [2.45, 2.75) is 0 Å². The van der Waals surface area contributed by atoms with Crippen LogP contribution in [0.3, 0.4) is 0 Å². The van der Waals surface area contributed by atoms with Gasteiger partial charge in [-0.3, -0.25) is 9.59 Å². The minimum Gasteiger partial charge on any atom is -0.454 e. The number of rotatable bonds is 4. The van der Waals surface area contributed by atoms with E-state index in [9.17, 15) is 9.59 Å². The Morgan fingerprint density at radius 2 is 1.85 bits per heavy atom. The number of hydrogen-bond donors (Lipinski definition) is 1. The van der Waals surface area contributed by atoms with Gasteiger partial charge in [-0.1, -0.05) is 0 Å². The lowest BCUT2D eigenvalue weighted by atomic mass is 10.2. The van der Waals surface area contributed by atoms with E-state index in [0.29, 0.717) is 49.1 Å². The van der Waals surface area contributed by atoms with Crippen LogP contribution in [0.2, 0.25) is 0 Å². The number of aromatic nitrogens is 2. The molecule has 3 heterocycles. The van der Waals surface area contributed by atoms with Crippen molar-refractivity contribution in [1.29, 1.82) is 0 Å². The quantitative estimate of drug-likeness (QED) is 0.808. The summed E-state index contributed by atoms with van der Waals surface area (Å²) >= 11 is 0. The van der Waals surface area contributed by atoms with Gasteiger partial charge < -0.3 is 24.6 Å². The summed E-state index contributed by atoms with van der Waals surface area (Å²) in [7, 11) is 0. The number of nitrogens with one attached hydrogen (secondary N) is 1. The molecule has 1 N–H and O–H groups in total. The molecule has 0 radical (unpaired) electrons. The Morgan fingerprint density at radius 1 is 1.04 bits per heavy atom. The number of fused-ring (bicyclic) bond motifs is 1. The zero-order valence-electron chi connectivity index (χ0n) is 13.9. The molecular weight excluding hydrogens is 338 g/mol. The van der Waals surface area contributed by atoms with Crippen LogP contribution in [0.4, 0.5) is 11.6 Å². The van der Waals surface area contributed by atoms with Gasteiger partial charge in [-0.2, -0.15) is 0 Å². The van der Waals surface area contributed by atoms with E-state index in [-0.39, 0.29) is 12.7 Å². The van der Waals surface area contributed by atoms with Gasteiger partial charge in [0.05, 0.1) is 0 Å². The lowest BCUT2D eigenvalue weighted by molar-refractivity contribution is -0.118. The van der Waals surface area contributed by atoms with Gasteiger partial charge in [-0.25, -0.2) is 0 Å². The predicted molar refractivity (Wildman–Crippen MR) is 92.4 cm³/mol. The summed E-state index contributed by atoms with van der Waals surface area (Å²) < 4.78 is 10.5. The summed E-state index contributed by atoms with van der Waals surface area (Å²) in [5.41, 5.74) is 0.449. The summed E-state index contributed by atoms with van der Waals surface area (Å²) in [6.45, 7) is 2.89. The zero-order valence-corrected chi connectivity index (χ0v) is 13.9. The van der Waals surface area contributed by atoms with Crippen molar-refractivity contribution in [3.63, 3.8) is 0 Å². The van der Waals surface area contributed by atoms with Crippen molar-refractivity contribution in [1.82, 2.24) is 15.1 Å². The second-order valence-corrected chi connectivity index (χ2v) is 5.93. The molecule has 2 aliphatic rings. The second-order valence-electron chi connectivity index (χ2n) is 5.93. The Morgan fingerprint density at radius 3 is 2.58 bits per heavy atom. The van der Waals surface area contributed by atoms with Crippen LogP contribution in [0, 0.1) is 0 Å². The second kappa shape index (κ2) is 6.87. The summed E-state index contributed by atoms with van der Waals surface area (Å²) in [4.78, 5) is 26.9. The number of hydrogen-bond acceptors (Lipinski definition) is 7. The highest BCUT2D eigenvalue weighted by molar-refractivity contribution is 6.04. The molecule has 134 valence electrons. The molecule has 0 atom stereocenters. The van der Waals surface area contributed by atoms with E-state index in [1.807, 2.05) is 0 Å². The first kappa shape index (κ1) is 16.1. The molecule has 1 saturated heterocycles. The van der Waals surface area contributed by atoms with Gasteiger partial charge >= 0.3 is 0 Å². The SMILES string of the molecule is O=CN1CCN(c2ccc(NC(=O)c3ccc4c(c3)OCO4)nn2)CC1. The van der Waals surface area contributed by atoms with Gasteiger partial charge in [0.1, 0.15) is 0 Å². The number of nitrogens with zero attached hydrogens (tertiary/aromatic N) is 4. The molecule has 26 heavy (non-hydrogen) atoms. The maximum absolute atomic E-state index is 12.3. The van der Waals surface area contributed by atoms with Gasteiger partial charge in [0.25, 0.3) is 5.91 Å². The fourth-order valence-corrected chi connectivity index (χ4v) is 2.84. The van der Waals surface area contributed by atoms with Crippen LogP contribution in [0.5, 0.6) is 11.5 Å². The maximum atomic E-state index is 12.3. The Bertz CT molecular complexity index is 818. The van der Waals surface area contributed by atoms with E-state index < -0.39 is 0 Å². The molecular formula is C17H17N5O4. The van der Waals surface area contributed by atoms with Gasteiger partial charge in [0.15, 0.2) is 23.1 Å². The molecule has 4 rings (SSSR count). The molecule has 0 aliphatic carbocycles. The van der Waals surface area contributed by atoms with Crippen LogP contribution in [0.25, 0.3) is 0 Å². The number of amides is 2. The topological polar surface area (TPSA) is 96.9 Å². The lowest BCUT2D eigenvalue weighted by Gasteiger charge is -2.32. The summed E-state index contributed by atoms with van der Waals surface area (Å²) in [6, 6.07) is 8.51. The van der Waals surface area contributed by atoms with Crippen LogP contribution in [-0.2, 0) is 4.79 Å². The molecule has 0 bridgehead atoms. The number of piperazine rings is 1. The summed E-state index contributed by atoms with van der Waals surface area (Å²) in [5, 5.41) is 10.9. The minimum atomic E-state index is -0.301. The molecule has 9 nitrogen and oxygen atoms in total. The van der Waals surface area contributed by atoms with Crippen LogP contribution in [0.15, 0.2) is 30.3 Å². The van der Waals surface area contributed by atoms with Gasteiger partial charge in [0.2, 0.25) is 13.2 Å². The first-order valence-corrected chi connectivity index (χ1v) is 8.22. The number of benzene rings is 1. The third-order valence-corrected chi connectivity index (χ3v) is 4.31. The minimum absolute atomic E-state index is 0.161. The van der Waals surface area contributed by atoms with Crippen molar-refractivity contribution < 1.29 is 19.1 Å². The Balaban J connectivity index is 1.39. The number of ether oxygens (including phenoxy) is 2. The molecule has 9 heteroatoms. The number of anilines is 2. The van der Waals surface area contributed by atoms with E-state index in [2.05, 4.69) is 20.4 Å².